The van der Waals surface area contributed by atoms with Crippen LogP contribution < -0.4 is 5.32 Å². The first-order chi connectivity index (χ1) is 36.6. The Morgan fingerprint density at radius 2 is 0.880 bits per heavy atom. The van der Waals surface area contributed by atoms with E-state index in [1.165, 1.54) is 180 Å². The molecule has 75 heavy (non-hydrogen) atoms. The van der Waals surface area contributed by atoms with Crippen LogP contribution in [-0.2, 0) is 23.7 Å². The van der Waals surface area contributed by atoms with Gasteiger partial charge in [-0.3, -0.25) is 4.79 Å². The molecule has 12 atom stereocenters. The van der Waals surface area contributed by atoms with E-state index >= 15 is 0 Å². The number of rotatable bonds is 50. The van der Waals surface area contributed by atoms with Crippen molar-refractivity contribution in [2.75, 3.05) is 19.8 Å². The highest BCUT2D eigenvalue weighted by Crippen LogP contribution is 2.30. The van der Waals surface area contributed by atoms with Gasteiger partial charge in [0.05, 0.1) is 32.0 Å². The van der Waals surface area contributed by atoms with E-state index in [1.807, 2.05) is 0 Å². The molecule has 0 bridgehead atoms. The van der Waals surface area contributed by atoms with E-state index in [-0.39, 0.29) is 12.5 Å². The van der Waals surface area contributed by atoms with Crippen LogP contribution >= 0.6 is 0 Å². The maximum absolute atomic E-state index is 13.2. The number of carbonyl (C=O) groups is 1. The number of ether oxygens (including phenoxy) is 4. The molecule has 442 valence electrons. The Hall–Kier alpha value is -1.53. The summed E-state index contributed by atoms with van der Waals surface area (Å²) >= 11 is 0. The number of amides is 1. The molecule has 2 heterocycles. The molecule has 1 amide bonds. The van der Waals surface area contributed by atoms with Crippen LogP contribution in [0.3, 0.4) is 0 Å². The van der Waals surface area contributed by atoms with E-state index in [0.717, 1.165) is 57.8 Å². The largest absolute Gasteiger partial charge is 0.394 e. The second kappa shape index (κ2) is 47.3. The molecule has 9 N–H and O–H groups in total. The van der Waals surface area contributed by atoms with Gasteiger partial charge in [-0.2, -0.15) is 0 Å². The summed E-state index contributed by atoms with van der Waals surface area (Å²) in [5.74, 6) is -0.205. The summed E-state index contributed by atoms with van der Waals surface area (Å²) in [6, 6.07) is -0.824. The predicted octanol–water partition coefficient (Wildman–Crippen LogP) is 10.8. The van der Waals surface area contributed by atoms with E-state index in [2.05, 4.69) is 43.5 Å². The molecular formula is C61H115NO13. The van der Waals surface area contributed by atoms with E-state index in [1.54, 1.807) is 0 Å². The number of unbranched alkanes of at least 4 members (excludes halogenated alkanes) is 33. The Kier molecular flexibility index (Phi) is 43.9. The number of allylic oxidation sites excluding steroid dienone is 4. The third-order valence-electron chi connectivity index (χ3n) is 15.4. The average molecular weight is 1070 g/mol. The van der Waals surface area contributed by atoms with E-state index in [0.29, 0.717) is 12.8 Å². The molecule has 2 rings (SSSR count). The Labute approximate surface area is 456 Å². The lowest BCUT2D eigenvalue weighted by Crippen LogP contribution is -2.65. The number of hydrogen-bond donors (Lipinski definition) is 9. The van der Waals surface area contributed by atoms with Crippen LogP contribution in [0, 0.1) is 0 Å². The third-order valence-corrected chi connectivity index (χ3v) is 15.4. The van der Waals surface area contributed by atoms with Crippen molar-refractivity contribution in [1.29, 1.82) is 0 Å². The zero-order valence-electron chi connectivity index (χ0n) is 47.6. The summed E-state index contributed by atoms with van der Waals surface area (Å²) in [6.07, 6.45) is 39.3. The average Bonchev–Trinajstić information content (AvgIpc) is 3.41. The van der Waals surface area contributed by atoms with Gasteiger partial charge in [0.2, 0.25) is 5.91 Å². The fourth-order valence-corrected chi connectivity index (χ4v) is 10.4. The fraction of sp³-hybridized carbons (Fsp3) is 0.918. The van der Waals surface area contributed by atoms with Gasteiger partial charge in [-0.25, -0.2) is 0 Å². The zero-order valence-corrected chi connectivity index (χ0v) is 47.6. The molecule has 12 unspecified atom stereocenters. The summed E-state index contributed by atoms with van der Waals surface area (Å²) in [5, 5.41) is 87.1. The number of nitrogens with one attached hydrogen (secondary N) is 1. The first kappa shape index (κ1) is 69.6. The van der Waals surface area contributed by atoms with Gasteiger partial charge in [0.25, 0.3) is 0 Å². The first-order valence-electron chi connectivity index (χ1n) is 31.1. The summed E-state index contributed by atoms with van der Waals surface area (Å²) < 4.78 is 22.8. The van der Waals surface area contributed by atoms with Crippen LogP contribution in [0.15, 0.2) is 24.3 Å². The smallest absolute Gasteiger partial charge is 0.220 e. The summed E-state index contributed by atoms with van der Waals surface area (Å²) in [5.41, 5.74) is 0. The number of hydrogen-bond acceptors (Lipinski definition) is 13. The van der Waals surface area contributed by atoms with E-state index < -0.39 is 86.8 Å². The lowest BCUT2D eigenvalue weighted by Gasteiger charge is -2.46. The molecule has 0 aromatic rings. The minimum atomic E-state index is -1.78. The Balaban J connectivity index is 1.61. The number of aliphatic hydroxyl groups is 8. The van der Waals surface area contributed by atoms with Crippen molar-refractivity contribution in [3.8, 4) is 0 Å². The van der Waals surface area contributed by atoms with Crippen molar-refractivity contribution in [2.45, 2.75) is 338 Å². The zero-order chi connectivity index (χ0) is 54.6. The van der Waals surface area contributed by atoms with Gasteiger partial charge in [-0.1, -0.05) is 237 Å². The minimum Gasteiger partial charge on any atom is -0.394 e. The molecule has 0 aromatic carbocycles. The van der Waals surface area contributed by atoms with Gasteiger partial charge in [0.15, 0.2) is 12.6 Å². The van der Waals surface area contributed by atoms with Crippen molar-refractivity contribution in [1.82, 2.24) is 5.32 Å². The van der Waals surface area contributed by atoms with Crippen LogP contribution in [0.2, 0.25) is 0 Å². The normalized spacial score (nSPS) is 25.1. The van der Waals surface area contributed by atoms with Gasteiger partial charge < -0.3 is 65.1 Å². The topological polar surface area (TPSA) is 228 Å². The molecule has 0 aliphatic carbocycles. The molecule has 0 spiro atoms. The Morgan fingerprint density at radius 3 is 1.33 bits per heavy atom. The monoisotopic (exact) mass is 1070 g/mol. The summed E-state index contributed by atoms with van der Waals surface area (Å²) in [7, 11) is 0. The fourth-order valence-electron chi connectivity index (χ4n) is 10.4. The van der Waals surface area contributed by atoms with Crippen LogP contribution in [0.5, 0.6) is 0 Å². The highest BCUT2D eigenvalue weighted by Gasteiger charge is 2.51. The SMILES string of the molecule is CCCCCCC/C=C\C/C=C\CCCCCCCCCCCCCCCCCCCCCC(=O)NC(COC1OC(CO)C(OC2OC(CO)C(O)C(O)C2O)C(O)C1O)C(O)CCCCCCCCCCCC. The van der Waals surface area contributed by atoms with Crippen LogP contribution in [0.4, 0.5) is 0 Å². The van der Waals surface area contributed by atoms with Crippen molar-refractivity contribution >= 4 is 5.91 Å². The van der Waals surface area contributed by atoms with E-state index in [9.17, 15) is 45.6 Å². The van der Waals surface area contributed by atoms with Crippen molar-refractivity contribution in [2.24, 2.45) is 0 Å². The Bertz CT molecular complexity index is 1350. The molecule has 2 aliphatic rings. The van der Waals surface area contributed by atoms with Gasteiger partial charge >= 0.3 is 0 Å². The predicted molar refractivity (Wildman–Crippen MR) is 300 cm³/mol. The second-order valence-electron chi connectivity index (χ2n) is 22.2. The van der Waals surface area contributed by atoms with Crippen LogP contribution in [0.25, 0.3) is 0 Å². The molecule has 0 aromatic heterocycles. The van der Waals surface area contributed by atoms with Crippen LogP contribution in [0.1, 0.15) is 264 Å². The lowest BCUT2D eigenvalue weighted by atomic mass is 9.97. The second-order valence-corrected chi connectivity index (χ2v) is 22.2. The maximum atomic E-state index is 13.2. The highest BCUT2D eigenvalue weighted by molar-refractivity contribution is 5.76. The molecule has 2 fully saturated rings. The summed E-state index contributed by atoms with van der Waals surface area (Å²) in [4.78, 5) is 13.2. The Morgan fingerprint density at radius 1 is 0.480 bits per heavy atom. The van der Waals surface area contributed by atoms with Crippen molar-refractivity contribution in [3.05, 3.63) is 24.3 Å². The minimum absolute atomic E-state index is 0.205. The van der Waals surface area contributed by atoms with Gasteiger partial charge in [-0.05, 0) is 44.9 Å². The van der Waals surface area contributed by atoms with Gasteiger partial charge in [-0.15, -0.1) is 0 Å². The molecule has 0 radical (unpaired) electrons. The first-order valence-corrected chi connectivity index (χ1v) is 31.1. The molecule has 0 saturated carbocycles. The van der Waals surface area contributed by atoms with Crippen molar-refractivity contribution < 1.29 is 64.6 Å². The highest BCUT2D eigenvalue weighted by atomic mass is 16.7. The molecule has 14 nitrogen and oxygen atoms in total. The standard InChI is InChI=1S/C61H115NO13/c1-3-5-7-9-11-13-15-16-17-18-19-20-21-22-23-24-25-26-27-28-29-30-31-32-33-34-35-37-39-41-43-45-53(66)62-49(50(65)44-42-40-38-36-14-12-10-8-6-4-2)48-72-60-58(71)56(69)59(52(47-64)74-60)75-61-57(70)55(68)54(67)51(46-63)73-61/h15-16,18-19,49-52,54-61,63-65,67-71H,3-14,17,20-48H2,1-2H3,(H,62,66)/b16-15-,19-18-. The summed E-state index contributed by atoms with van der Waals surface area (Å²) in [6.45, 7) is 2.84. The van der Waals surface area contributed by atoms with E-state index in [4.69, 9.17) is 18.9 Å². The molecule has 2 saturated heterocycles. The maximum Gasteiger partial charge on any atom is 0.220 e. The van der Waals surface area contributed by atoms with Gasteiger partial charge in [0.1, 0.15) is 48.8 Å². The number of aliphatic hydroxyl groups excluding tert-OH is 8. The molecular weight excluding hydrogens is 955 g/mol. The molecule has 14 heteroatoms. The van der Waals surface area contributed by atoms with Crippen molar-refractivity contribution in [3.63, 3.8) is 0 Å². The number of carbonyl (C=O) groups excluding carboxylic acids is 1. The molecule has 2 aliphatic heterocycles. The van der Waals surface area contributed by atoms with Crippen LogP contribution in [-0.4, -0.2) is 140 Å². The third kappa shape index (κ3) is 33.0. The quantitative estimate of drug-likeness (QED) is 0.0204. The lowest BCUT2D eigenvalue weighted by molar-refractivity contribution is -0.359. The van der Waals surface area contributed by atoms with Gasteiger partial charge in [0, 0.05) is 6.42 Å².